The molecule has 2 aliphatic heterocycles. The molecule has 6 rings (SSSR count). The minimum Gasteiger partial charge on any atom is -0.461 e. The quantitative estimate of drug-likeness (QED) is 0.101. The fraction of sp³-hybridized carbons (Fsp3) is 0.462. The minimum absolute atomic E-state index is 0.00513. The van der Waals surface area contributed by atoms with E-state index in [1.807, 2.05) is 18.9 Å². The Kier molecular flexibility index (Phi) is 10.7. The normalized spacial score (nSPS) is 20.6. The Morgan fingerprint density at radius 3 is 2.65 bits per heavy atom. The number of hydrogen-bond donors (Lipinski definition) is 1. The zero-order chi connectivity index (χ0) is 38.9. The molecule has 1 N–H and O–H groups in total. The lowest BCUT2D eigenvalue weighted by molar-refractivity contribution is -0.129. The first-order valence-corrected chi connectivity index (χ1v) is 17.8. The van der Waals surface area contributed by atoms with Gasteiger partial charge in [-0.05, 0) is 64.3 Å². The van der Waals surface area contributed by atoms with Crippen LogP contribution in [0.15, 0.2) is 36.9 Å². The van der Waals surface area contributed by atoms with Crippen molar-refractivity contribution in [3.05, 3.63) is 54.0 Å². The molecule has 0 bridgehead atoms. The van der Waals surface area contributed by atoms with Gasteiger partial charge in [0.15, 0.2) is 11.6 Å². The number of hydrogen-bond acceptors (Lipinski definition) is 11. The molecule has 1 saturated heterocycles. The highest BCUT2D eigenvalue weighted by atomic mass is 19.1. The van der Waals surface area contributed by atoms with E-state index >= 15 is 4.39 Å². The maximum absolute atomic E-state index is 15.1. The van der Waals surface area contributed by atoms with Crippen molar-refractivity contribution in [2.24, 2.45) is 0 Å². The number of terminal acetylenes is 1. The van der Waals surface area contributed by atoms with Crippen molar-refractivity contribution < 1.29 is 42.1 Å². The highest BCUT2D eigenvalue weighted by molar-refractivity contribution is 6.06. The van der Waals surface area contributed by atoms with Gasteiger partial charge in [-0.3, -0.25) is 14.6 Å². The predicted molar refractivity (Wildman–Crippen MR) is 197 cm³/mol. The van der Waals surface area contributed by atoms with Gasteiger partial charge in [0.2, 0.25) is 5.91 Å². The zero-order valence-corrected chi connectivity index (χ0v) is 31.0. The lowest BCUT2D eigenvalue weighted by Crippen LogP contribution is -2.51. The summed E-state index contributed by atoms with van der Waals surface area (Å²) in [7, 11) is 3.55. The number of nitrogens with zero attached hydrogens (tertiary/aromatic N) is 5. The van der Waals surface area contributed by atoms with E-state index < -0.39 is 41.4 Å². The van der Waals surface area contributed by atoms with Crippen molar-refractivity contribution in [2.75, 3.05) is 44.0 Å². The van der Waals surface area contributed by atoms with Crippen LogP contribution in [0.3, 0.4) is 0 Å². The molecule has 15 heteroatoms. The van der Waals surface area contributed by atoms with Gasteiger partial charge in [-0.25, -0.2) is 18.4 Å². The van der Waals surface area contributed by atoms with Crippen molar-refractivity contribution in [1.29, 1.82) is 0 Å². The summed E-state index contributed by atoms with van der Waals surface area (Å²) in [6.07, 6.45) is 7.21. The zero-order valence-electron chi connectivity index (χ0n) is 31.0. The molecule has 2 amide bonds. The van der Waals surface area contributed by atoms with E-state index in [0.29, 0.717) is 5.39 Å². The second kappa shape index (κ2) is 15.1. The molecule has 54 heavy (non-hydrogen) atoms. The molecule has 3 aromatic rings. The molecule has 3 heterocycles. The Labute approximate surface area is 312 Å². The van der Waals surface area contributed by atoms with Crippen LogP contribution in [0.2, 0.25) is 0 Å². The first-order chi connectivity index (χ1) is 25.7. The summed E-state index contributed by atoms with van der Waals surface area (Å²) >= 11 is 0. The van der Waals surface area contributed by atoms with E-state index in [1.54, 1.807) is 25.8 Å². The molecule has 0 radical (unpaired) electrons. The highest BCUT2D eigenvalue weighted by Gasteiger charge is 2.43. The number of nitrogens with one attached hydrogen (secondary N) is 1. The van der Waals surface area contributed by atoms with Crippen LogP contribution in [0.25, 0.3) is 10.8 Å². The minimum atomic E-state index is -1.02. The molecule has 1 aliphatic carbocycles. The fourth-order valence-corrected chi connectivity index (χ4v) is 7.42. The lowest BCUT2D eigenvalue weighted by Gasteiger charge is -2.39. The Bertz CT molecular complexity index is 2030. The number of ether oxygens (including phenoxy) is 4. The Morgan fingerprint density at radius 2 is 2.00 bits per heavy atom. The molecule has 1 saturated carbocycles. The van der Waals surface area contributed by atoms with E-state index in [4.69, 9.17) is 25.4 Å². The number of carbonyl (C=O) groups is 3. The molecule has 1 aromatic heterocycles. The third kappa shape index (κ3) is 7.48. The van der Waals surface area contributed by atoms with Crippen LogP contribution in [-0.4, -0.2) is 95.1 Å². The van der Waals surface area contributed by atoms with Crippen LogP contribution < -0.4 is 24.4 Å². The largest absolute Gasteiger partial charge is 0.514 e. The van der Waals surface area contributed by atoms with Crippen LogP contribution >= 0.6 is 0 Å². The number of likely N-dealkylation sites (N-methyl/N-ethyl adjacent to an activating group) is 2. The van der Waals surface area contributed by atoms with Gasteiger partial charge < -0.3 is 29.2 Å². The Hall–Kier alpha value is -5.49. The van der Waals surface area contributed by atoms with E-state index in [0.717, 1.165) is 25.7 Å². The standard InChI is InChI=1S/C39H44F2N6O7/c1-8-27-28(41)13-12-24-16-26(53-37(50)52-23(3)4)17-30(32(24)27)47-20-29-33(54-36(47)49)34(42-21-39(14-10-11-15-39)46(7)31(48)9-2)44-35(43-29)51-22-38(5)18-25(40)19-45(38)6/h1,9,12-13,16-17,23,25H,2,10-11,14-15,18-22H2,3-7H3,(H,42,43,44)/t25-,38+/m1/s1. The molecule has 3 aliphatic rings. The van der Waals surface area contributed by atoms with Gasteiger partial charge in [0, 0.05) is 38.0 Å². The summed E-state index contributed by atoms with van der Waals surface area (Å²) < 4.78 is 52.2. The van der Waals surface area contributed by atoms with Crippen molar-refractivity contribution in [2.45, 2.75) is 82.8 Å². The van der Waals surface area contributed by atoms with E-state index in [1.165, 1.54) is 35.2 Å². The van der Waals surface area contributed by atoms with E-state index in [-0.39, 0.29) is 84.2 Å². The maximum atomic E-state index is 15.1. The molecule has 0 spiro atoms. The maximum Gasteiger partial charge on any atom is 0.514 e. The van der Waals surface area contributed by atoms with Gasteiger partial charge in [0.05, 0.1) is 35.0 Å². The number of aromatic nitrogens is 2. The summed E-state index contributed by atoms with van der Waals surface area (Å²) in [5.74, 6) is 1.63. The van der Waals surface area contributed by atoms with Gasteiger partial charge in [0.25, 0.3) is 0 Å². The number of halogens is 2. The lowest BCUT2D eigenvalue weighted by atomic mass is 9.95. The van der Waals surface area contributed by atoms with Gasteiger partial charge >= 0.3 is 18.3 Å². The van der Waals surface area contributed by atoms with Crippen LogP contribution in [0, 0.1) is 18.2 Å². The molecule has 2 fully saturated rings. The molecule has 13 nitrogen and oxygen atoms in total. The first-order valence-electron chi connectivity index (χ1n) is 17.8. The summed E-state index contributed by atoms with van der Waals surface area (Å²) in [6, 6.07) is 5.42. The van der Waals surface area contributed by atoms with Crippen molar-refractivity contribution >= 4 is 40.4 Å². The smallest absolute Gasteiger partial charge is 0.461 e. The second-order valence-corrected chi connectivity index (χ2v) is 14.6. The average molecular weight is 747 g/mol. The Balaban J connectivity index is 1.41. The topological polar surface area (TPSA) is 136 Å². The third-order valence-electron chi connectivity index (χ3n) is 10.5. The molecule has 2 aromatic carbocycles. The number of benzene rings is 2. The van der Waals surface area contributed by atoms with Gasteiger partial charge in [0.1, 0.15) is 30.0 Å². The fourth-order valence-electron chi connectivity index (χ4n) is 7.42. The van der Waals surface area contributed by atoms with Crippen LogP contribution in [-0.2, 0) is 16.1 Å². The first kappa shape index (κ1) is 38.2. The number of carbonyl (C=O) groups excluding carboxylic acids is 3. The third-order valence-corrected chi connectivity index (χ3v) is 10.5. The van der Waals surface area contributed by atoms with Crippen LogP contribution in [0.4, 0.5) is 29.9 Å². The molecule has 286 valence electrons. The number of rotatable bonds is 11. The SMILES string of the molecule is C#Cc1c(F)ccc2cc(OC(=O)OC(C)C)cc(N3Cc4nc(OC[C@]5(C)C[C@@H](F)CN5C)nc(NCC5(N(C)C(=O)C=C)CCCC5)c4OC3=O)c12. The molecular weight excluding hydrogens is 702 g/mol. The number of likely N-dealkylation sites (tertiary alicyclic amines) is 1. The summed E-state index contributed by atoms with van der Waals surface area (Å²) in [4.78, 5) is 53.2. The number of amides is 2. The number of alkyl halides is 1. The van der Waals surface area contributed by atoms with Crippen molar-refractivity contribution in [1.82, 2.24) is 19.8 Å². The van der Waals surface area contributed by atoms with E-state index in [9.17, 15) is 18.8 Å². The molecule has 0 unspecified atom stereocenters. The highest BCUT2D eigenvalue weighted by Crippen LogP contribution is 2.42. The van der Waals surface area contributed by atoms with Gasteiger partial charge in [-0.2, -0.15) is 9.97 Å². The average Bonchev–Trinajstić information content (AvgIpc) is 3.71. The second-order valence-electron chi connectivity index (χ2n) is 14.6. The van der Waals surface area contributed by atoms with Crippen LogP contribution in [0.1, 0.15) is 64.1 Å². The van der Waals surface area contributed by atoms with Crippen LogP contribution in [0.5, 0.6) is 17.5 Å². The van der Waals surface area contributed by atoms with Gasteiger partial charge in [-0.15, -0.1) is 6.42 Å². The van der Waals surface area contributed by atoms with E-state index in [2.05, 4.69) is 27.8 Å². The van der Waals surface area contributed by atoms with Crippen molar-refractivity contribution in [3.63, 3.8) is 0 Å². The van der Waals surface area contributed by atoms with Gasteiger partial charge in [-0.1, -0.05) is 31.4 Å². The molecular formula is C39H44F2N6O7. The number of fused-ring (bicyclic) bond motifs is 2. The number of anilines is 2. The van der Waals surface area contributed by atoms with Crippen molar-refractivity contribution in [3.8, 4) is 29.9 Å². The summed E-state index contributed by atoms with van der Waals surface area (Å²) in [5, 5.41) is 3.89. The molecule has 2 atom stereocenters. The summed E-state index contributed by atoms with van der Waals surface area (Å²) in [5.41, 5.74) is -1.02. The monoisotopic (exact) mass is 746 g/mol. The predicted octanol–water partition coefficient (Wildman–Crippen LogP) is 6.37. The Morgan fingerprint density at radius 1 is 1.26 bits per heavy atom. The summed E-state index contributed by atoms with van der Waals surface area (Å²) in [6.45, 7) is 9.23.